The SMILES string of the molecule is Cc1ccc(C)c(NC(=O)CN(C)C(=O)CSc2cccc[n+]2[O-])c1. The Bertz CT molecular complexity index is 780. The average Bonchev–Trinajstić information content (AvgIpc) is 2.57. The van der Waals surface area contributed by atoms with Crippen LogP contribution in [-0.2, 0) is 9.59 Å². The molecule has 132 valence electrons. The lowest BCUT2D eigenvalue weighted by molar-refractivity contribution is -0.645. The van der Waals surface area contributed by atoms with Gasteiger partial charge in [-0.3, -0.25) is 9.59 Å². The topological polar surface area (TPSA) is 76.4 Å². The number of amides is 2. The summed E-state index contributed by atoms with van der Waals surface area (Å²) >= 11 is 1.15. The molecule has 0 aliphatic carbocycles. The van der Waals surface area contributed by atoms with Gasteiger partial charge in [-0.1, -0.05) is 12.1 Å². The first-order valence-corrected chi connectivity index (χ1v) is 8.77. The van der Waals surface area contributed by atoms with E-state index in [4.69, 9.17) is 0 Å². The first-order valence-electron chi connectivity index (χ1n) is 7.79. The van der Waals surface area contributed by atoms with Gasteiger partial charge in [0.1, 0.15) is 0 Å². The number of thioether (sulfide) groups is 1. The minimum atomic E-state index is -0.256. The molecule has 1 aromatic carbocycles. The summed E-state index contributed by atoms with van der Waals surface area (Å²) < 4.78 is 0.713. The van der Waals surface area contributed by atoms with Gasteiger partial charge in [0.15, 0.2) is 6.20 Å². The van der Waals surface area contributed by atoms with Crippen molar-refractivity contribution in [3.63, 3.8) is 0 Å². The third kappa shape index (κ3) is 5.49. The second kappa shape index (κ2) is 8.53. The Kier molecular flexibility index (Phi) is 6.41. The molecule has 0 unspecified atom stereocenters. The smallest absolute Gasteiger partial charge is 0.251 e. The fraction of sp³-hybridized carbons (Fsp3) is 0.278. The van der Waals surface area contributed by atoms with Gasteiger partial charge >= 0.3 is 0 Å². The predicted molar refractivity (Wildman–Crippen MR) is 98.3 cm³/mol. The highest BCUT2D eigenvalue weighted by molar-refractivity contribution is 7.99. The number of aromatic nitrogens is 1. The number of likely N-dealkylation sites (N-methyl/N-ethyl adjacent to an activating group) is 1. The summed E-state index contributed by atoms with van der Waals surface area (Å²) in [4.78, 5) is 25.7. The van der Waals surface area contributed by atoms with Crippen LogP contribution in [-0.4, -0.2) is 36.1 Å². The number of pyridine rings is 1. The molecule has 2 aromatic rings. The number of nitrogens with one attached hydrogen (secondary N) is 1. The third-order valence-electron chi connectivity index (χ3n) is 3.61. The van der Waals surface area contributed by atoms with E-state index in [0.717, 1.165) is 28.6 Å². The summed E-state index contributed by atoms with van der Waals surface area (Å²) in [6.07, 6.45) is 1.38. The Morgan fingerprint density at radius 3 is 2.72 bits per heavy atom. The highest BCUT2D eigenvalue weighted by atomic mass is 32.2. The molecule has 25 heavy (non-hydrogen) atoms. The van der Waals surface area contributed by atoms with Crippen LogP contribution in [0.2, 0.25) is 0 Å². The van der Waals surface area contributed by atoms with E-state index < -0.39 is 0 Å². The molecule has 0 saturated heterocycles. The van der Waals surface area contributed by atoms with E-state index in [1.165, 1.54) is 11.1 Å². The molecule has 0 spiro atoms. The molecule has 0 aliphatic heterocycles. The Labute approximate surface area is 151 Å². The van der Waals surface area contributed by atoms with E-state index in [0.29, 0.717) is 9.76 Å². The minimum absolute atomic E-state index is 0.0427. The minimum Gasteiger partial charge on any atom is -0.618 e. The molecule has 7 heteroatoms. The lowest BCUT2D eigenvalue weighted by atomic mass is 10.1. The van der Waals surface area contributed by atoms with Crippen LogP contribution in [0.5, 0.6) is 0 Å². The molecule has 0 fully saturated rings. The van der Waals surface area contributed by atoms with Crippen molar-refractivity contribution in [1.29, 1.82) is 0 Å². The van der Waals surface area contributed by atoms with Crippen LogP contribution in [0.3, 0.4) is 0 Å². The van der Waals surface area contributed by atoms with Crippen LogP contribution in [0.4, 0.5) is 5.69 Å². The largest absolute Gasteiger partial charge is 0.618 e. The maximum Gasteiger partial charge on any atom is 0.251 e. The Morgan fingerprint density at radius 2 is 2.00 bits per heavy atom. The van der Waals surface area contributed by atoms with Gasteiger partial charge in [0.05, 0.1) is 12.3 Å². The molecule has 1 aromatic heterocycles. The van der Waals surface area contributed by atoms with E-state index in [1.54, 1.807) is 25.2 Å². The van der Waals surface area contributed by atoms with Crippen molar-refractivity contribution >= 4 is 29.3 Å². The van der Waals surface area contributed by atoms with Crippen molar-refractivity contribution in [2.45, 2.75) is 18.9 Å². The molecule has 6 nitrogen and oxygen atoms in total. The lowest BCUT2D eigenvalue weighted by Gasteiger charge is -2.17. The number of hydrogen-bond acceptors (Lipinski definition) is 4. The molecule has 0 saturated carbocycles. The van der Waals surface area contributed by atoms with E-state index >= 15 is 0 Å². The van der Waals surface area contributed by atoms with Crippen LogP contribution >= 0.6 is 11.8 Å². The first-order chi connectivity index (χ1) is 11.9. The number of benzene rings is 1. The number of carbonyl (C=O) groups is 2. The van der Waals surface area contributed by atoms with Gasteiger partial charge in [0.2, 0.25) is 11.8 Å². The maximum absolute atomic E-state index is 12.2. The van der Waals surface area contributed by atoms with Crippen LogP contribution in [0.15, 0.2) is 47.6 Å². The molecule has 0 aliphatic rings. The Hall–Kier alpha value is -2.54. The number of rotatable bonds is 6. The molecule has 0 atom stereocenters. The number of hydrogen-bond donors (Lipinski definition) is 1. The molecule has 2 rings (SSSR count). The van der Waals surface area contributed by atoms with Crippen LogP contribution in [0, 0.1) is 19.1 Å². The fourth-order valence-electron chi connectivity index (χ4n) is 2.13. The van der Waals surface area contributed by atoms with E-state index in [9.17, 15) is 14.8 Å². The van der Waals surface area contributed by atoms with Gasteiger partial charge in [0, 0.05) is 24.9 Å². The monoisotopic (exact) mass is 359 g/mol. The molecule has 0 bridgehead atoms. The normalized spacial score (nSPS) is 10.4. The van der Waals surface area contributed by atoms with Crippen LogP contribution < -0.4 is 10.0 Å². The lowest BCUT2D eigenvalue weighted by Crippen LogP contribution is -2.36. The summed E-state index contributed by atoms with van der Waals surface area (Å²) in [6.45, 7) is 3.82. The second-order valence-corrected chi connectivity index (χ2v) is 6.77. The summed E-state index contributed by atoms with van der Waals surface area (Å²) in [7, 11) is 1.57. The number of carbonyl (C=O) groups excluding carboxylic acids is 2. The Balaban J connectivity index is 1.86. The zero-order valence-electron chi connectivity index (χ0n) is 14.5. The standard InChI is InChI=1S/C18H21N3O3S/c1-13-7-8-14(2)15(10-13)19-16(22)11-20(3)17(23)12-25-18-6-4-5-9-21(18)24/h4-10H,11-12H2,1-3H3,(H,19,22). The van der Waals surface area contributed by atoms with Gasteiger partial charge in [-0.2, -0.15) is 4.73 Å². The average molecular weight is 359 g/mol. The van der Waals surface area contributed by atoms with E-state index in [1.807, 2.05) is 32.0 Å². The maximum atomic E-state index is 12.2. The molecule has 1 heterocycles. The number of anilines is 1. The molecule has 0 radical (unpaired) electrons. The van der Waals surface area contributed by atoms with Crippen molar-refractivity contribution in [2.75, 3.05) is 24.7 Å². The molecular weight excluding hydrogens is 338 g/mol. The van der Waals surface area contributed by atoms with Gasteiger partial charge < -0.3 is 15.4 Å². The number of nitrogens with zero attached hydrogens (tertiary/aromatic N) is 2. The van der Waals surface area contributed by atoms with Crippen LogP contribution in [0.1, 0.15) is 11.1 Å². The van der Waals surface area contributed by atoms with Crippen LogP contribution in [0.25, 0.3) is 0 Å². The summed E-state index contributed by atoms with van der Waals surface area (Å²) in [5.41, 5.74) is 2.76. The zero-order valence-corrected chi connectivity index (χ0v) is 15.3. The fourth-order valence-corrected chi connectivity index (χ4v) is 2.99. The quantitative estimate of drug-likeness (QED) is 0.487. The van der Waals surface area contributed by atoms with Crippen molar-refractivity contribution in [3.8, 4) is 0 Å². The van der Waals surface area contributed by atoms with Crippen molar-refractivity contribution in [1.82, 2.24) is 4.90 Å². The van der Waals surface area contributed by atoms with E-state index in [-0.39, 0.29) is 24.1 Å². The number of aryl methyl sites for hydroxylation is 2. The first kappa shape index (κ1) is 18.8. The highest BCUT2D eigenvalue weighted by Crippen LogP contribution is 2.16. The van der Waals surface area contributed by atoms with Crippen molar-refractivity contribution < 1.29 is 14.3 Å². The summed E-state index contributed by atoms with van der Waals surface area (Å²) in [5.74, 6) is -0.377. The van der Waals surface area contributed by atoms with Crippen molar-refractivity contribution in [2.24, 2.45) is 0 Å². The molecule has 2 amide bonds. The van der Waals surface area contributed by atoms with Gasteiger partial charge in [-0.25, -0.2) is 0 Å². The molecule has 1 N–H and O–H groups in total. The molecular formula is C18H21N3O3S. The zero-order chi connectivity index (χ0) is 18.4. The summed E-state index contributed by atoms with van der Waals surface area (Å²) in [6, 6.07) is 10.8. The van der Waals surface area contributed by atoms with Crippen molar-refractivity contribution in [3.05, 3.63) is 58.9 Å². The summed E-state index contributed by atoms with van der Waals surface area (Å²) in [5, 5.41) is 14.8. The third-order valence-corrected chi connectivity index (χ3v) is 4.61. The second-order valence-electron chi connectivity index (χ2n) is 5.77. The predicted octanol–water partition coefficient (Wildman–Crippen LogP) is 2.13. The Morgan fingerprint density at radius 1 is 1.24 bits per heavy atom. The van der Waals surface area contributed by atoms with Gasteiger partial charge in [-0.15, -0.1) is 0 Å². The van der Waals surface area contributed by atoms with Gasteiger partial charge in [0.25, 0.3) is 5.03 Å². The highest BCUT2D eigenvalue weighted by Gasteiger charge is 2.16. The van der Waals surface area contributed by atoms with Gasteiger partial charge in [-0.05, 0) is 48.9 Å². The van der Waals surface area contributed by atoms with E-state index in [2.05, 4.69) is 5.32 Å².